The lowest BCUT2D eigenvalue weighted by Gasteiger charge is -2.28. The summed E-state index contributed by atoms with van der Waals surface area (Å²) in [6.07, 6.45) is 5.14. The van der Waals surface area contributed by atoms with Gasteiger partial charge in [-0.3, -0.25) is 0 Å². The lowest BCUT2D eigenvalue weighted by atomic mass is 10.1. The van der Waals surface area contributed by atoms with Gasteiger partial charge in [-0.15, -0.1) is 0 Å². The van der Waals surface area contributed by atoms with Crippen LogP contribution in [-0.2, 0) is 4.74 Å². The van der Waals surface area contributed by atoms with Crippen molar-refractivity contribution in [3.05, 3.63) is 41.5 Å². The molecule has 0 aromatic heterocycles. The van der Waals surface area contributed by atoms with Crippen LogP contribution in [0.1, 0.15) is 52.5 Å². The van der Waals surface area contributed by atoms with Gasteiger partial charge in [0.15, 0.2) is 0 Å². The second-order valence-electron chi connectivity index (χ2n) is 7.84. The van der Waals surface area contributed by atoms with E-state index in [1.54, 1.807) is 0 Å². The summed E-state index contributed by atoms with van der Waals surface area (Å²) in [4.78, 5) is 14.2. The Labute approximate surface area is 152 Å². The number of likely N-dealkylation sites (tertiary alicyclic amines) is 1. The largest absolute Gasteiger partial charge is 0.444 e. The Balaban J connectivity index is 1.73. The molecule has 1 heterocycles. The number of carbonyl (C=O) groups excluding carboxylic acids is 1. The van der Waals surface area contributed by atoms with Crippen molar-refractivity contribution in [2.24, 2.45) is 0 Å². The molecule has 0 unspecified atom stereocenters. The van der Waals surface area contributed by atoms with Crippen molar-refractivity contribution in [3.8, 4) is 0 Å². The fourth-order valence-electron chi connectivity index (χ4n) is 3.14. The van der Waals surface area contributed by atoms with Gasteiger partial charge in [-0.1, -0.05) is 42.0 Å². The van der Waals surface area contributed by atoms with E-state index >= 15 is 0 Å². The Bertz CT molecular complexity index is 575. The molecule has 0 saturated carbocycles. The first-order valence-electron chi connectivity index (χ1n) is 9.28. The Morgan fingerprint density at radius 2 is 2.04 bits per heavy atom. The van der Waals surface area contributed by atoms with Crippen molar-refractivity contribution in [1.82, 2.24) is 10.2 Å². The van der Waals surface area contributed by atoms with Crippen LogP contribution >= 0.6 is 0 Å². The second kappa shape index (κ2) is 9.04. The molecule has 1 aliphatic rings. The number of benzene rings is 1. The maximum absolute atomic E-state index is 12.3. The van der Waals surface area contributed by atoms with Crippen LogP contribution in [0.4, 0.5) is 4.79 Å². The fourth-order valence-corrected chi connectivity index (χ4v) is 3.14. The summed E-state index contributed by atoms with van der Waals surface area (Å²) in [6.45, 7) is 10.5. The van der Waals surface area contributed by atoms with Crippen molar-refractivity contribution in [2.75, 3.05) is 19.6 Å². The molecule has 0 aliphatic carbocycles. The molecule has 1 aromatic carbocycles. The van der Waals surface area contributed by atoms with Crippen LogP contribution in [0.5, 0.6) is 0 Å². The molecule has 1 N–H and O–H groups in total. The highest BCUT2D eigenvalue weighted by molar-refractivity contribution is 5.68. The first-order valence-corrected chi connectivity index (χ1v) is 9.28. The molecule has 25 heavy (non-hydrogen) atoms. The zero-order valence-electron chi connectivity index (χ0n) is 16.0. The van der Waals surface area contributed by atoms with E-state index in [1.807, 2.05) is 31.7 Å². The maximum atomic E-state index is 12.3. The minimum Gasteiger partial charge on any atom is -0.444 e. The van der Waals surface area contributed by atoms with Gasteiger partial charge in [-0.05, 0) is 59.1 Å². The van der Waals surface area contributed by atoms with Crippen LogP contribution in [0.25, 0.3) is 6.08 Å². The first kappa shape index (κ1) is 19.5. The van der Waals surface area contributed by atoms with Crippen LogP contribution in [0.15, 0.2) is 35.9 Å². The smallest absolute Gasteiger partial charge is 0.410 e. The minimum atomic E-state index is -0.429. The molecule has 1 fully saturated rings. The highest BCUT2D eigenvalue weighted by Gasteiger charge is 2.31. The molecular weight excluding hydrogens is 312 g/mol. The van der Waals surface area contributed by atoms with Crippen LogP contribution in [0.3, 0.4) is 0 Å². The summed E-state index contributed by atoms with van der Waals surface area (Å²) in [5, 5.41) is 3.49. The van der Waals surface area contributed by atoms with Crippen molar-refractivity contribution in [2.45, 2.75) is 58.6 Å². The standard InChI is InChI=1S/C21H32N2O2/c1-17(15-18-9-6-5-7-10-18)16-22-13-12-19-11-8-14-23(19)20(24)25-21(2,3)4/h5-7,9-10,15,19,22H,8,11-14,16H2,1-4H3/t19-/m0/s1. The Hall–Kier alpha value is -1.81. The number of ether oxygens (including phenoxy) is 1. The maximum Gasteiger partial charge on any atom is 0.410 e. The molecule has 0 spiro atoms. The molecule has 1 aromatic rings. The summed E-state index contributed by atoms with van der Waals surface area (Å²) >= 11 is 0. The van der Waals surface area contributed by atoms with Gasteiger partial charge in [0.25, 0.3) is 0 Å². The SMILES string of the molecule is CC(=Cc1ccccc1)CNCC[C@@H]1CCCN1C(=O)OC(C)(C)C. The Kier molecular flexibility index (Phi) is 7.06. The quantitative estimate of drug-likeness (QED) is 0.774. The average molecular weight is 344 g/mol. The number of amides is 1. The monoisotopic (exact) mass is 344 g/mol. The highest BCUT2D eigenvalue weighted by atomic mass is 16.6. The minimum absolute atomic E-state index is 0.171. The Morgan fingerprint density at radius 1 is 1.32 bits per heavy atom. The molecule has 0 bridgehead atoms. The molecule has 4 nitrogen and oxygen atoms in total. The summed E-state index contributed by atoms with van der Waals surface area (Å²) in [5.41, 5.74) is 2.11. The predicted molar refractivity (Wildman–Crippen MR) is 104 cm³/mol. The summed E-state index contributed by atoms with van der Waals surface area (Å²) in [7, 11) is 0. The number of hydrogen-bond acceptors (Lipinski definition) is 3. The van der Waals surface area contributed by atoms with E-state index in [9.17, 15) is 4.79 Å². The lowest BCUT2D eigenvalue weighted by molar-refractivity contribution is 0.0221. The van der Waals surface area contributed by atoms with E-state index in [4.69, 9.17) is 4.74 Å². The zero-order valence-corrected chi connectivity index (χ0v) is 16.0. The third-order valence-corrected chi connectivity index (χ3v) is 4.28. The first-order chi connectivity index (χ1) is 11.8. The normalized spacial score (nSPS) is 18.5. The van der Waals surface area contributed by atoms with Gasteiger partial charge in [0.05, 0.1) is 0 Å². The molecule has 1 amide bonds. The van der Waals surface area contributed by atoms with Gasteiger partial charge in [0.2, 0.25) is 0 Å². The van der Waals surface area contributed by atoms with Gasteiger partial charge < -0.3 is 15.0 Å². The molecule has 138 valence electrons. The van der Waals surface area contributed by atoms with Crippen molar-refractivity contribution in [3.63, 3.8) is 0 Å². The average Bonchev–Trinajstić information content (AvgIpc) is 2.99. The van der Waals surface area contributed by atoms with Gasteiger partial charge >= 0.3 is 6.09 Å². The third kappa shape index (κ3) is 6.91. The molecule has 1 atom stereocenters. The predicted octanol–water partition coefficient (Wildman–Crippen LogP) is 4.47. The lowest BCUT2D eigenvalue weighted by Crippen LogP contribution is -2.40. The van der Waals surface area contributed by atoms with Crippen LogP contribution in [0, 0.1) is 0 Å². The molecule has 0 radical (unpaired) electrons. The van der Waals surface area contributed by atoms with Crippen LogP contribution in [-0.4, -0.2) is 42.3 Å². The second-order valence-corrected chi connectivity index (χ2v) is 7.84. The molecule has 2 rings (SSSR count). The van der Waals surface area contributed by atoms with Gasteiger partial charge in [-0.2, -0.15) is 0 Å². The summed E-state index contributed by atoms with van der Waals surface area (Å²) < 4.78 is 5.52. The van der Waals surface area contributed by atoms with Crippen LogP contribution in [0.2, 0.25) is 0 Å². The third-order valence-electron chi connectivity index (χ3n) is 4.28. The fraction of sp³-hybridized carbons (Fsp3) is 0.571. The number of nitrogens with one attached hydrogen (secondary N) is 1. The van der Waals surface area contributed by atoms with Gasteiger partial charge in [0, 0.05) is 19.1 Å². The van der Waals surface area contributed by atoms with Crippen molar-refractivity contribution >= 4 is 12.2 Å². The molecule has 1 saturated heterocycles. The van der Waals surface area contributed by atoms with E-state index in [0.29, 0.717) is 6.04 Å². The van der Waals surface area contributed by atoms with E-state index in [2.05, 4.69) is 42.6 Å². The van der Waals surface area contributed by atoms with Crippen molar-refractivity contribution in [1.29, 1.82) is 0 Å². The molecule has 4 heteroatoms. The van der Waals surface area contributed by atoms with E-state index in [1.165, 1.54) is 11.1 Å². The number of hydrogen-bond donors (Lipinski definition) is 1. The Morgan fingerprint density at radius 3 is 2.72 bits per heavy atom. The number of rotatable bonds is 6. The van der Waals surface area contributed by atoms with E-state index in [-0.39, 0.29) is 6.09 Å². The number of nitrogens with zero attached hydrogens (tertiary/aromatic N) is 1. The summed E-state index contributed by atoms with van der Waals surface area (Å²) in [5.74, 6) is 0. The molecule has 1 aliphatic heterocycles. The van der Waals surface area contributed by atoms with Crippen molar-refractivity contribution < 1.29 is 9.53 Å². The topological polar surface area (TPSA) is 41.6 Å². The van der Waals surface area contributed by atoms with Gasteiger partial charge in [-0.25, -0.2) is 4.79 Å². The van der Waals surface area contributed by atoms with Gasteiger partial charge in [0.1, 0.15) is 5.60 Å². The van der Waals surface area contributed by atoms with Crippen LogP contribution < -0.4 is 5.32 Å². The van der Waals surface area contributed by atoms with E-state index < -0.39 is 5.60 Å². The number of carbonyl (C=O) groups is 1. The summed E-state index contributed by atoms with van der Waals surface area (Å²) in [6, 6.07) is 10.7. The zero-order chi connectivity index (χ0) is 18.3. The molecular formula is C21H32N2O2. The highest BCUT2D eigenvalue weighted by Crippen LogP contribution is 2.22. The van der Waals surface area contributed by atoms with E-state index in [0.717, 1.165) is 38.9 Å².